The van der Waals surface area contributed by atoms with Gasteiger partial charge >= 0.3 is 0 Å². The summed E-state index contributed by atoms with van der Waals surface area (Å²) in [6.07, 6.45) is 3.51. The van der Waals surface area contributed by atoms with E-state index in [0.29, 0.717) is 0 Å². The Balaban J connectivity index is 0.000000328. The lowest BCUT2D eigenvalue weighted by molar-refractivity contribution is 0.267. The highest BCUT2D eigenvalue weighted by molar-refractivity contribution is 7.96. The molecule has 0 unspecified atom stereocenters. The van der Waals surface area contributed by atoms with Gasteiger partial charge in [-0.2, -0.15) is 0 Å². The van der Waals surface area contributed by atoms with E-state index in [4.69, 9.17) is 9.21 Å². The Hall–Kier alpha value is -2.05. The van der Waals surface area contributed by atoms with Crippen LogP contribution in [0, 0.1) is 0 Å². The minimum Gasteiger partial charge on any atom is -0.464 e. The van der Waals surface area contributed by atoms with Crippen LogP contribution in [0.2, 0.25) is 0 Å². The first-order chi connectivity index (χ1) is 9.68. The molecule has 3 aromatic rings. The number of hydrogen-bond donors (Lipinski definition) is 2. The van der Waals surface area contributed by atoms with Crippen LogP contribution < -0.4 is 5.73 Å². The summed E-state index contributed by atoms with van der Waals surface area (Å²) in [5, 5.41) is 2.36. The second-order valence-corrected chi connectivity index (χ2v) is 5.03. The Bertz CT molecular complexity index is 607. The third-order valence-corrected chi connectivity index (χ3v) is 3.18. The number of rotatable bonds is 2. The zero-order chi connectivity index (χ0) is 14.4. The van der Waals surface area contributed by atoms with Crippen molar-refractivity contribution >= 4 is 29.2 Å². The largest absolute Gasteiger partial charge is 0.464 e. The quantitative estimate of drug-likeness (QED) is 0.701. The predicted octanol–water partition coefficient (Wildman–Crippen LogP) is 4.07. The van der Waals surface area contributed by atoms with E-state index in [1.807, 2.05) is 35.8 Å². The molecular formula is C14H12N2O2S2. The van der Waals surface area contributed by atoms with Gasteiger partial charge in [0, 0.05) is 22.7 Å². The van der Waals surface area contributed by atoms with Crippen molar-refractivity contribution in [2.45, 2.75) is 0 Å². The van der Waals surface area contributed by atoms with Crippen LogP contribution in [0.3, 0.4) is 0 Å². The van der Waals surface area contributed by atoms with Gasteiger partial charge in [0.1, 0.15) is 10.8 Å². The molecule has 20 heavy (non-hydrogen) atoms. The van der Waals surface area contributed by atoms with Gasteiger partial charge in [0.2, 0.25) is 0 Å². The van der Waals surface area contributed by atoms with E-state index in [1.54, 1.807) is 17.6 Å². The molecule has 1 aromatic carbocycles. The molecule has 0 bridgehead atoms. The molecule has 2 heterocycles. The number of hydrogen-bond acceptors (Lipinski definition) is 4. The van der Waals surface area contributed by atoms with Crippen LogP contribution >= 0.6 is 24.0 Å². The normalized spacial score (nSPS) is 9.65. The van der Waals surface area contributed by atoms with Crippen LogP contribution in [0.4, 0.5) is 4.79 Å². The molecule has 102 valence electrons. The summed E-state index contributed by atoms with van der Waals surface area (Å²) in [7, 11) is 0. The summed E-state index contributed by atoms with van der Waals surface area (Å²) in [4.78, 5) is 13.4. The van der Waals surface area contributed by atoms with E-state index in [-0.39, 0.29) is 0 Å². The minimum absolute atomic E-state index is 0.639. The molecule has 0 saturated carbocycles. The molecule has 2 N–H and O–H groups in total. The Morgan fingerprint density at radius 3 is 2.45 bits per heavy atom. The Labute approximate surface area is 125 Å². The number of benzene rings is 1. The van der Waals surface area contributed by atoms with Gasteiger partial charge in [-0.1, -0.05) is 36.9 Å². The van der Waals surface area contributed by atoms with E-state index in [9.17, 15) is 0 Å². The van der Waals surface area contributed by atoms with Gasteiger partial charge in [-0.3, -0.25) is 4.79 Å². The minimum atomic E-state index is -0.639. The number of primary amides is 1. The van der Waals surface area contributed by atoms with E-state index >= 15 is 0 Å². The highest BCUT2D eigenvalue weighted by atomic mass is 32.1. The molecule has 0 aliphatic carbocycles. The molecule has 3 rings (SSSR count). The molecule has 2 aromatic heterocycles. The molecule has 4 nitrogen and oxygen atoms in total. The van der Waals surface area contributed by atoms with E-state index in [2.05, 4.69) is 35.5 Å². The lowest BCUT2D eigenvalue weighted by Gasteiger charge is -2.03. The third-order valence-electron chi connectivity index (χ3n) is 2.38. The summed E-state index contributed by atoms with van der Waals surface area (Å²) in [6.45, 7) is 0. The summed E-state index contributed by atoms with van der Waals surface area (Å²) in [5.74, 6) is 0.880. The van der Waals surface area contributed by atoms with Crippen LogP contribution in [0.25, 0.3) is 21.9 Å². The average Bonchev–Trinajstić information content (AvgIpc) is 3.12. The molecule has 0 aliphatic heterocycles. The maximum atomic E-state index is 9.09. The molecule has 0 atom stereocenters. The smallest absolute Gasteiger partial charge is 0.273 e. The molecular weight excluding hydrogens is 292 g/mol. The van der Waals surface area contributed by atoms with E-state index in [1.165, 1.54) is 0 Å². The first-order valence-corrected chi connectivity index (χ1v) is 7.02. The highest BCUT2D eigenvalue weighted by Gasteiger charge is 2.10. The molecule has 0 saturated heterocycles. The number of amides is 1. The van der Waals surface area contributed by atoms with Crippen LogP contribution in [0.15, 0.2) is 58.7 Å². The zero-order valence-corrected chi connectivity index (χ0v) is 12.1. The number of aromatic nitrogens is 1. The number of nitrogens with zero attached hydrogens (tertiary/aromatic N) is 1. The predicted molar refractivity (Wildman–Crippen MR) is 83.8 cm³/mol. The maximum absolute atomic E-state index is 9.09. The van der Waals surface area contributed by atoms with Crippen LogP contribution in [0.1, 0.15) is 0 Å². The SMILES string of the molecule is NC(=O)S.c1coc(-c2ccccc2-c2nccs2)c1. The number of thiazole rings is 1. The lowest BCUT2D eigenvalue weighted by Crippen LogP contribution is -1.95. The molecule has 1 amide bonds. The van der Waals surface area contributed by atoms with Crippen molar-refractivity contribution < 1.29 is 9.21 Å². The van der Waals surface area contributed by atoms with Gasteiger partial charge in [0.25, 0.3) is 5.24 Å². The zero-order valence-electron chi connectivity index (χ0n) is 10.4. The molecule has 0 radical (unpaired) electrons. The Morgan fingerprint density at radius 1 is 1.20 bits per heavy atom. The van der Waals surface area contributed by atoms with Crippen molar-refractivity contribution in [1.29, 1.82) is 0 Å². The van der Waals surface area contributed by atoms with Crippen molar-refractivity contribution in [3.63, 3.8) is 0 Å². The fraction of sp³-hybridized carbons (Fsp3) is 0. The second-order valence-electron chi connectivity index (χ2n) is 3.70. The maximum Gasteiger partial charge on any atom is 0.273 e. The van der Waals surface area contributed by atoms with Crippen molar-refractivity contribution in [3.05, 3.63) is 54.2 Å². The van der Waals surface area contributed by atoms with Crippen LogP contribution in [0.5, 0.6) is 0 Å². The van der Waals surface area contributed by atoms with Crippen molar-refractivity contribution in [2.75, 3.05) is 0 Å². The van der Waals surface area contributed by atoms with Gasteiger partial charge in [0.15, 0.2) is 0 Å². The molecule has 0 aliphatic rings. The monoisotopic (exact) mass is 304 g/mol. The van der Waals surface area contributed by atoms with Gasteiger partial charge in [-0.25, -0.2) is 4.98 Å². The second kappa shape index (κ2) is 6.93. The van der Waals surface area contributed by atoms with Crippen molar-refractivity contribution in [3.8, 4) is 21.9 Å². The van der Waals surface area contributed by atoms with Gasteiger partial charge in [-0.05, 0) is 12.1 Å². The summed E-state index contributed by atoms with van der Waals surface area (Å²) in [6, 6.07) is 12.0. The van der Waals surface area contributed by atoms with Gasteiger partial charge < -0.3 is 10.2 Å². The van der Waals surface area contributed by atoms with E-state index in [0.717, 1.165) is 21.9 Å². The van der Waals surface area contributed by atoms with Crippen LogP contribution in [-0.2, 0) is 0 Å². The fourth-order valence-electron chi connectivity index (χ4n) is 1.67. The number of nitrogens with two attached hydrogens (primary N) is 1. The Kier molecular flexibility index (Phi) is 4.97. The fourth-order valence-corrected chi connectivity index (χ4v) is 2.35. The highest BCUT2D eigenvalue weighted by Crippen LogP contribution is 2.32. The van der Waals surface area contributed by atoms with Gasteiger partial charge in [-0.15, -0.1) is 11.3 Å². The molecule has 6 heteroatoms. The van der Waals surface area contributed by atoms with Crippen LogP contribution in [-0.4, -0.2) is 10.2 Å². The van der Waals surface area contributed by atoms with Gasteiger partial charge in [0.05, 0.1) is 6.26 Å². The number of carbonyl (C=O) groups is 1. The lowest BCUT2D eigenvalue weighted by atomic mass is 10.1. The molecule has 0 spiro atoms. The first-order valence-electron chi connectivity index (χ1n) is 5.69. The summed E-state index contributed by atoms with van der Waals surface area (Å²) < 4.78 is 5.44. The first kappa shape index (κ1) is 14.4. The number of thiol groups is 1. The van der Waals surface area contributed by atoms with Crippen molar-refractivity contribution in [1.82, 2.24) is 4.98 Å². The average molecular weight is 304 g/mol. The van der Waals surface area contributed by atoms with E-state index < -0.39 is 5.24 Å². The molecule has 0 fully saturated rings. The summed E-state index contributed by atoms with van der Waals surface area (Å²) in [5.41, 5.74) is 6.54. The number of furan rings is 1. The summed E-state index contributed by atoms with van der Waals surface area (Å²) >= 11 is 4.74. The third kappa shape index (κ3) is 3.72. The number of carbonyl (C=O) groups excluding carboxylic acids is 1. The van der Waals surface area contributed by atoms with Crippen molar-refractivity contribution in [2.24, 2.45) is 5.73 Å². The standard InChI is InChI=1S/C13H9NOS.CH3NOS/c1-2-5-11(13-14-7-9-16-13)10(4-1)12-6-3-8-15-12;2-1(3)4/h1-9H;(H3,2,3,4). The topological polar surface area (TPSA) is 69.1 Å². The Morgan fingerprint density at radius 2 is 1.90 bits per heavy atom.